The van der Waals surface area contributed by atoms with Crippen molar-refractivity contribution < 1.29 is 10.2 Å². The Bertz CT molecular complexity index is 167. The van der Waals surface area contributed by atoms with Crippen LogP contribution in [0.3, 0.4) is 0 Å². The van der Waals surface area contributed by atoms with Crippen LogP contribution in [-0.2, 0) is 0 Å². The van der Waals surface area contributed by atoms with Gasteiger partial charge in [-0.05, 0) is 31.1 Å². The fraction of sp³-hybridized carbons (Fsp3) is 1.00. The number of aliphatic hydroxyl groups is 2. The van der Waals surface area contributed by atoms with Crippen LogP contribution in [-0.4, -0.2) is 16.5 Å². The van der Waals surface area contributed by atoms with Crippen LogP contribution >= 0.6 is 0 Å². The Balaban J connectivity index is 2.00. The van der Waals surface area contributed by atoms with Gasteiger partial charge in [0, 0.05) is 5.92 Å². The third-order valence-corrected chi connectivity index (χ3v) is 3.92. The number of rotatable bonds is 1. The van der Waals surface area contributed by atoms with Crippen LogP contribution in [0.4, 0.5) is 0 Å². The van der Waals surface area contributed by atoms with Gasteiger partial charge in [-0.3, -0.25) is 0 Å². The number of hydrogen-bond donors (Lipinski definition) is 2. The largest absolute Gasteiger partial charge is 0.368 e. The van der Waals surface area contributed by atoms with Gasteiger partial charge in [0.2, 0.25) is 0 Å². The molecule has 2 nitrogen and oxygen atoms in total. The maximum atomic E-state index is 9.24. The first-order valence-electron chi connectivity index (χ1n) is 5.63. The Morgan fingerprint density at radius 3 is 2.46 bits per heavy atom. The maximum absolute atomic E-state index is 9.24. The van der Waals surface area contributed by atoms with E-state index in [1.165, 1.54) is 38.5 Å². The molecule has 2 heteroatoms. The molecule has 0 aromatic carbocycles. The third kappa shape index (κ3) is 2.05. The van der Waals surface area contributed by atoms with Crippen molar-refractivity contribution in [1.82, 2.24) is 0 Å². The molecule has 0 aromatic heterocycles. The highest BCUT2D eigenvalue weighted by Gasteiger charge is 2.37. The molecule has 3 unspecified atom stereocenters. The molecule has 2 bridgehead atoms. The fourth-order valence-corrected chi connectivity index (χ4v) is 3.23. The van der Waals surface area contributed by atoms with Crippen molar-refractivity contribution in [3.8, 4) is 0 Å². The van der Waals surface area contributed by atoms with Crippen LogP contribution in [0.15, 0.2) is 0 Å². The van der Waals surface area contributed by atoms with E-state index in [-0.39, 0.29) is 5.92 Å². The van der Waals surface area contributed by atoms with Crippen molar-refractivity contribution in [3.63, 3.8) is 0 Å². The molecule has 2 aliphatic carbocycles. The molecular formula is C11H20O2. The molecule has 2 rings (SSSR count). The maximum Gasteiger partial charge on any atom is 0.154 e. The van der Waals surface area contributed by atoms with Gasteiger partial charge in [0.1, 0.15) is 0 Å². The van der Waals surface area contributed by atoms with Crippen molar-refractivity contribution in [1.29, 1.82) is 0 Å². The number of hydrogen-bond acceptors (Lipinski definition) is 2. The van der Waals surface area contributed by atoms with Crippen molar-refractivity contribution in [2.24, 2.45) is 17.8 Å². The molecule has 2 aliphatic rings. The molecule has 0 saturated heterocycles. The van der Waals surface area contributed by atoms with E-state index in [0.29, 0.717) is 5.92 Å². The molecule has 0 aliphatic heterocycles. The summed E-state index contributed by atoms with van der Waals surface area (Å²) in [7, 11) is 0. The average molecular weight is 184 g/mol. The lowest BCUT2D eigenvalue weighted by Gasteiger charge is -2.21. The molecule has 3 atom stereocenters. The summed E-state index contributed by atoms with van der Waals surface area (Å²) >= 11 is 0. The summed E-state index contributed by atoms with van der Waals surface area (Å²) in [6.07, 6.45) is 7.78. The lowest BCUT2D eigenvalue weighted by Crippen LogP contribution is -2.23. The van der Waals surface area contributed by atoms with Gasteiger partial charge in [0.25, 0.3) is 0 Å². The smallest absolute Gasteiger partial charge is 0.154 e. The lowest BCUT2D eigenvalue weighted by molar-refractivity contribution is -0.0951. The highest BCUT2D eigenvalue weighted by atomic mass is 16.5. The summed E-state index contributed by atoms with van der Waals surface area (Å²) in [6.45, 7) is 0. The van der Waals surface area contributed by atoms with Crippen LogP contribution in [0.2, 0.25) is 0 Å². The van der Waals surface area contributed by atoms with E-state index in [1.807, 2.05) is 0 Å². The summed E-state index contributed by atoms with van der Waals surface area (Å²) in [6, 6.07) is 0. The molecule has 2 fully saturated rings. The summed E-state index contributed by atoms with van der Waals surface area (Å²) < 4.78 is 0. The minimum Gasteiger partial charge on any atom is -0.368 e. The van der Waals surface area contributed by atoms with E-state index in [0.717, 1.165) is 12.3 Å². The Labute approximate surface area is 80.0 Å². The van der Waals surface area contributed by atoms with Crippen molar-refractivity contribution in [2.75, 3.05) is 0 Å². The molecular weight excluding hydrogens is 164 g/mol. The second-order valence-corrected chi connectivity index (χ2v) is 4.81. The predicted molar refractivity (Wildman–Crippen MR) is 51.0 cm³/mol. The van der Waals surface area contributed by atoms with E-state index in [1.54, 1.807) is 0 Å². The van der Waals surface area contributed by atoms with Crippen LogP contribution in [0.1, 0.15) is 44.9 Å². The SMILES string of the molecule is OC(O)C1CC2CCCCCC1C2. The van der Waals surface area contributed by atoms with E-state index in [9.17, 15) is 10.2 Å². The van der Waals surface area contributed by atoms with Crippen LogP contribution in [0, 0.1) is 17.8 Å². The standard InChI is InChI=1S/C11H20O2/c12-11(13)10-7-8-4-2-1-3-5-9(10)6-8/h8-13H,1-7H2. The molecule has 0 aromatic rings. The van der Waals surface area contributed by atoms with E-state index in [4.69, 9.17) is 0 Å². The molecule has 0 amide bonds. The molecule has 2 N–H and O–H groups in total. The van der Waals surface area contributed by atoms with Gasteiger partial charge in [-0.2, -0.15) is 0 Å². The highest BCUT2D eigenvalue weighted by molar-refractivity contribution is 4.85. The van der Waals surface area contributed by atoms with Gasteiger partial charge in [-0.1, -0.05) is 25.7 Å². The lowest BCUT2D eigenvalue weighted by atomic mass is 9.89. The molecule has 13 heavy (non-hydrogen) atoms. The van der Waals surface area contributed by atoms with Gasteiger partial charge in [-0.15, -0.1) is 0 Å². The van der Waals surface area contributed by atoms with Crippen LogP contribution in [0.25, 0.3) is 0 Å². The van der Waals surface area contributed by atoms with E-state index >= 15 is 0 Å². The monoisotopic (exact) mass is 184 g/mol. The summed E-state index contributed by atoms with van der Waals surface area (Å²) in [4.78, 5) is 0. The van der Waals surface area contributed by atoms with E-state index in [2.05, 4.69) is 0 Å². The van der Waals surface area contributed by atoms with Crippen LogP contribution < -0.4 is 0 Å². The van der Waals surface area contributed by atoms with Gasteiger partial charge >= 0.3 is 0 Å². The topological polar surface area (TPSA) is 40.5 Å². The molecule has 0 heterocycles. The second kappa shape index (κ2) is 3.97. The van der Waals surface area contributed by atoms with Gasteiger partial charge in [0.15, 0.2) is 6.29 Å². The predicted octanol–water partition coefficient (Wildman–Crippen LogP) is 1.90. The minimum atomic E-state index is -1.06. The molecule has 0 radical (unpaired) electrons. The minimum absolute atomic E-state index is 0.183. The number of aliphatic hydroxyl groups excluding tert-OH is 1. The Hall–Kier alpha value is -0.0800. The first-order chi connectivity index (χ1) is 6.27. The van der Waals surface area contributed by atoms with Crippen molar-refractivity contribution in [3.05, 3.63) is 0 Å². The Kier molecular flexibility index (Phi) is 2.89. The number of fused-ring (bicyclic) bond motifs is 2. The zero-order valence-electron chi connectivity index (χ0n) is 8.15. The van der Waals surface area contributed by atoms with Crippen molar-refractivity contribution in [2.45, 2.75) is 51.2 Å². The Morgan fingerprint density at radius 2 is 1.69 bits per heavy atom. The fourth-order valence-electron chi connectivity index (χ4n) is 3.23. The average Bonchev–Trinajstić information content (AvgIpc) is 2.44. The first-order valence-corrected chi connectivity index (χ1v) is 5.63. The third-order valence-electron chi connectivity index (χ3n) is 3.92. The van der Waals surface area contributed by atoms with Crippen molar-refractivity contribution >= 4 is 0 Å². The summed E-state index contributed by atoms with van der Waals surface area (Å²) in [5.74, 6) is 1.57. The first kappa shape index (κ1) is 9.47. The normalized spacial score (nSPS) is 40.4. The van der Waals surface area contributed by atoms with Crippen LogP contribution in [0.5, 0.6) is 0 Å². The highest BCUT2D eigenvalue weighted by Crippen LogP contribution is 2.44. The Morgan fingerprint density at radius 1 is 0.923 bits per heavy atom. The van der Waals surface area contributed by atoms with Gasteiger partial charge in [-0.25, -0.2) is 0 Å². The molecule has 76 valence electrons. The molecule has 0 spiro atoms. The van der Waals surface area contributed by atoms with Gasteiger partial charge in [0.05, 0.1) is 0 Å². The summed E-state index contributed by atoms with van der Waals surface area (Å²) in [5.41, 5.74) is 0. The molecule has 2 saturated carbocycles. The van der Waals surface area contributed by atoms with E-state index < -0.39 is 6.29 Å². The second-order valence-electron chi connectivity index (χ2n) is 4.81. The van der Waals surface area contributed by atoms with Gasteiger partial charge < -0.3 is 10.2 Å². The zero-order valence-corrected chi connectivity index (χ0v) is 8.15. The summed E-state index contributed by atoms with van der Waals surface area (Å²) in [5, 5.41) is 18.5. The quantitative estimate of drug-likeness (QED) is 0.611. The zero-order chi connectivity index (χ0) is 9.26.